The lowest BCUT2D eigenvalue weighted by Gasteiger charge is -2.09. The average Bonchev–Trinajstić information content (AvgIpc) is 2.72. The molecule has 4 nitrogen and oxygen atoms in total. The number of rotatable bonds is 5. The predicted molar refractivity (Wildman–Crippen MR) is 87.3 cm³/mol. The van der Waals surface area contributed by atoms with E-state index in [0.717, 1.165) is 33.0 Å². The van der Waals surface area contributed by atoms with E-state index in [1.807, 2.05) is 29.9 Å². The van der Waals surface area contributed by atoms with E-state index in [9.17, 15) is 0 Å². The fourth-order valence-corrected chi connectivity index (χ4v) is 3.94. The number of halogens is 1. The Labute approximate surface area is 131 Å². The molecule has 0 spiro atoms. The van der Waals surface area contributed by atoms with Crippen molar-refractivity contribution in [2.45, 2.75) is 24.0 Å². The second kappa shape index (κ2) is 6.54. The number of aromatic nitrogens is 2. The lowest BCUT2D eigenvalue weighted by Crippen LogP contribution is -1.97. The third kappa shape index (κ3) is 3.12. The minimum atomic E-state index is 0.709. The lowest BCUT2D eigenvalue weighted by atomic mass is 10.3. The molecule has 0 amide bonds. The molecule has 0 fully saturated rings. The highest BCUT2D eigenvalue weighted by Gasteiger charge is 2.13. The third-order valence-corrected chi connectivity index (χ3v) is 5.04. The predicted octanol–water partition coefficient (Wildman–Crippen LogP) is 3.63. The Morgan fingerprint density at radius 1 is 1.45 bits per heavy atom. The van der Waals surface area contributed by atoms with Crippen molar-refractivity contribution in [3.05, 3.63) is 34.1 Å². The Bertz CT molecular complexity index is 613. The van der Waals surface area contributed by atoms with Gasteiger partial charge >= 0.3 is 0 Å². The van der Waals surface area contributed by atoms with Crippen LogP contribution in [0.5, 0.6) is 5.75 Å². The number of benzene rings is 1. The number of nitrogen functional groups attached to an aromatic ring is 1. The summed E-state index contributed by atoms with van der Waals surface area (Å²) in [7, 11) is 3.63. The van der Waals surface area contributed by atoms with Gasteiger partial charge in [0.05, 0.1) is 23.0 Å². The van der Waals surface area contributed by atoms with Crippen LogP contribution in [-0.2, 0) is 19.2 Å². The van der Waals surface area contributed by atoms with Crippen molar-refractivity contribution in [3.8, 4) is 5.75 Å². The third-order valence-electron chi connectivity index (χ3n) is 3.06. The van der Waals surface area contributed by atoms with Crippen LogP contribution in [0.15, 0.2) is 27.6 Å². The number of nitrogens with zero attached hydrogens (tertiary/aromatic N) is 2. The maximum atomic E-state index is 5.77. The molecule has 0 aliphatic rings. The standard InChI is InChI=1S/C14H18BrN3OS/c1-4-10-14(15)11(18(2)17-10)8-20-13-6-5-9(16)7-12(13)19-3/h5-7H,4,8,16H2,1-3H3. The van der Waals surface area contributed by atoms with Gasteiger partial charge in [-0.25, -0.2) is 0 Å². The van der Waals surface area contributed by atoms with Crippen LogP contribution in [0.2, 0.25) is 0 Å². The maximum absolute atomic E-state index is 5.77. The number of nitrogens with two attached hydrogens (primary N) is 1. The molecule has 0 saturated carbocycles. The first-order valence-electron chi connectivity index (χ1n) is 6.33. The molecule has 1 heterocycles. The number of ether oxygens (including phenoxy) is 1. The summed E-state index contributed by atoms with van der Waals surface area (Å²) in [5.74, 6) is 1.63. The molecule has 108 valence electrons. The van der Waals surface area contributed by atoms with Crippen molar-refractivity contribution in [2.75, 3.05) is 12.8 Å². The van der Waals surface area contributed by atoms with Crippen molar-refractivity contribution in [3.63, 3.8) is 0 Å². The van der Waals surface area contributed by atoms with Crippen LogP contribution in [0.25, 0.3) is 0 Å². The van der Waals surface area contributed by atoms with Gasteiger partial charge in [0.1, 0.15) is 5.75 Å². The minimum Gasteiger partial charge on any atom is -0.496 e. The second-order valence-corrected chi connectivity index (χ2v) is 6.19. The van der Waals surface area contributed by atoms with Gasteiger partial charge in [-0.05, 0) is 34.5 Å². The van der Waals surface area contributed by atoms with Crippen LogP contribution in [0.3, 0.4) is 0 Å². The van der Waals surface area contributed by atoms with E-state index in [2.05, 4.69) is 28.0 Å². The number of thioether (sulfide) groups is 1. The first-order valence-corrected chi connectivity index (χ1v) is 8.11. The Balaban J connectivity index is 2.19. The first kappa shape index (κ1) is 15.3. The molecule has 0 saturated heterocycles. The number of hydrogen-bond acceptors (Lipinski definition) is 4. The van der Waals surface area contributed by atoms with Gasteiger partial charge in [0.25, 0.3) is 0 Å². The van der Waals surface area contributed by atoms with Gasteiger partial charge in [-0.3, -0.25) is 4.68 Å². The Morgan fingerprint density at radius 3 is 2.80 bits per heavy atom. The number of aryl methyl sites for hydroxylation is 2. The number of anilines is 1. The lowest BCUT2D eigenvalue weighted by molar-refractivity contribution is 0.405. The molecular weight excluding hydrogens is 338 g/mol. The molecule has 0 aliphatic heterocycles. The molecule has 0 bridgehead atoms. The molecule has 6 heteroatoms. The number of methoxy groups -OCH3 is 1. The van der Waals surface area contributed by atoms with Gasteiger partial charge in [-0.2, -0.15) is 5.10 Å². The van der Waals surface area contributed by atoms with Gasteiger partial charge in [0.2, 0.25) is 0 Å². The van der Waals surface area contributed by atoms with Crippen molar-refractivity contribution in [1.29, 1.82) is 0 Å². The smallest absolute Gasteiger partial charge is 0.134 e. The molecule has 2 aromatic rings. The highest BCUT2D eigenvalue weighted by Crippen LogP contribution is 2.35. The monoisotopic (exact) mass is 355 g/mol. The molecule has 0 radical (unpaired) electrons. The van der Waals surface area contributed by atoms with Crippen molar-refractivity contribution in [1.82, 2.24) is 9.78 Å². The fraction of sp³-hybridized carbons (Fsp3) is 0.357. The first-order chi connectivity index (χ1) is 9.56. The van der Waals surface area contributed by atoms with E-state index >= 15 is 0 Å². The zero-order valence-electron chi connectivity index (χ0n) is 11.8. The van der Waals surface area contributed by atoms with E-state index in [4.69, 9.17) is 10.5 Å². The summed E-state index contributed by atoms with van der Waals surface area (Å²) in [5.41, 5.74) is 8.74. The highest BCUT2D eigenvalue weighted by molar-refractivity contribution is 9.10. The van der Waals surface area contributed by atoms with Gasteiger partial charge in [-0.1, -0.05) is 6.92 Å². The Kier molecular flexibility index (Phi) is 4.99. The topological polar surface area (TPSA) is 53.1 Å². The Morgan fingerprint density at radius 2 is 2.20 bits per heavy atom. The van der Waals surface area contributed by atoms with E-state index < -0.39 is 0 Å². The van der Waals surface area contributed by atoms with E-state index in [1.54, 1.807) is 18.9 Å². The number of hydrogen-bond donors (Lipinski definition) is 1. The molecule has 0 unspecified atom stereocenters. The van der Waals surface area contributed by atoms with E-state index in [1.165, 1.54) is 5.69 Å². The SMILES string of the molecule is CCc1nn(C)c(CSc2ccc(N)cc2OC)c1Br. The van der Waals surface area contributed by atoms with Gasteiger partial charge in [0, 0.05) is 29.4 Å². The van der Waals surface area contributed by atoms with Crippen LogP contribution >= 0.6 is 27.7 Å². The van der Waals surface area contributed by atoms with E-state index in [-0.39, 0.29) is 0 Å². The van der Waals surface area contributed by atoms with E-state index in [0.29, 0.717) is 5.69 Å². The zero-order valence-corrected chi connectivity index (χ0v) is 14.2. The highest BCUT2D eigenvalue weighted by atomic mass is 79.9. The summed E-state index contributed by atoms with van der Waals surface area (Å²) in [6.45, 7) is 2.10. The Hall–Kier alpha value is -1.14. The van der Waals surface area contributed by atoms with Crippen LogP contribution in [0, 0.1) is 0 Å². The van der Waals surface area contributed by atoms with Crippen molar-refractivity contribution < 1.29 is 4.74 Å². The quantitative estimate of drug-likeness (QED) is 0.657. The van der Waals surface area contributed by atoms with Crippen molar-refractivity contribution >= 4 is 33.4 Å². The fourth-order valence-electron chi connectivity index (χ4n) is 1.93. The van der Waals surface area contributed by atoms with Gasteiger partial charge in [-0.15, -0.1) is 11.8 Å². The molecule has 2 N–H and O–H groups in total. The molecule has 2 rings (SSSR count). The summed E-state index contributed by atoms with van der Waals surface area (Å²) < 4.78 is 8.40. The van der Waals surface area contributed by atoms with Crippen LogP contribution in [0.4, 0.5) is 5.69 Å². The summed E-state index contributed by atoms with van der Waals surface area (Å²) in [4.78, 5) is 1.08. The average molecular weight is 356 g/mol. The minimum absolute atomic E-state index is 0.709. The van der Waals surface area contributed by atoms with Crippen molar-refractivity contribution in [2.24, 2.45) is 7.05 Å². The second-order valence-electron chi connectivity index (χ2n) is 4.38. The zero-order chi connectivity index (χ0) is 14.7. The maximum Gasteiger partial charge on any atom is 0.134 e. The summed E-state index contributed by atoms with van der Waals surface area (Å²) in [6, 6.07) is 5.72. The normalized spacial score (nSPS) is 10.8. The molecule has 0 aliphatic carbocycles. The van der Waals surface area contributed by atoms with Gasteiger partial charge < -0.3 is 10.5 Å². The van der Waals surface area contributed by atoms with Gasteiger partial charge in [0.15, 0.2) is 0 Å². The molecule has 1 aromatic heterocycles. The molecule has 0 atom stereocenters. The molecule has 20 heavy (non-hydrogen) atoms. The summed E-state index contributed by atoms with van der Waals surface area (Å²) >= 11 is 5.35. The summed E-state index contributed by atoms with van der Waals surface area (Å²) in [5, 5.41) is 4.50. The van der Waals surface area contributed by atoms with Crippen LogP contribution in [-0.4, -0.2) is 16.9 Å². The molecule has 1 aromatic carbocycles. The molecular formula is C14H18BrN3OS. The largest absolute Gasteiger partial charge is 0.496 e. The summed E-state index contributed by atoms with van der Waals surface area (Å²) in [6.07, 6.45) is 0.921. The van der Waals surface area contributed by atoms with Crippen LogP contribution < -0.4 is 10.5 Å². The van der Waals surface area contributed by atoms with Crippen LogP contribution in [0.1, 0.15) is 18.3 Å².